The van der Waals surface area contributed by atoms with Gasteiger partial charge in [0.25, 0.3) is 0 Å². The van der Waals surface area contributed by atoms with Crippen molar-refractivity contribution < 1.29 is 0 Å². The standard InChI is InChI=1S/C16H19N/c1-16(9-8-15(17)11-16)14-7-6-12-4-2-3-5-13(12)10-14/h2-7,10,15H,8-9,11,17H2,1H3. The monoisotopic (exact) mass is 225 g/mol. The minimum atomic E-state index is 0.281. The van der Waals surface area contributed by atoms with Crippen molar-refractivity contribution in [1.29, 1.82) is 0 Å². The highest BCUT2D eigenvalue weighted by molar-refractivity contribution is 5.83. The smallest absolute Gasteiger partial charge is 0.00475 e. The van der Waals surface area contributed by atoms with Crippen LogP contribution in [0.5, 0.6) is 0 Å². The minimum absolute atomic E-state index is 0.281. The van der Waals surface area contributed by atoms with Gasteiger partial charge in [0.05, 0.1) is 0 Å². The third-order valence-corrected chi connectivity index (χ3v) is 4.23. The third-order valence-electron chi connectivity index (χ3n) is 4.23. The predicted octanol–water partition coefficient (Wildman–Crippen LogP) is 3.61. The molecule has 3 rings (SSSR count). The summed E-state index contributed by atoms with van der Waals surface area (Å²) in [7, 11) is 0. The molecule has 0 spiro atoms. The van der Waals surface area contributed by atoms with Crippen molar-refractivity contribution >= 4 is 10.8 Å². The summed E-state index contributed by atoms with van der Waals surface area (Å²) in [6, 6.07) is 15.8. The van der Waals surface area contributed by atoms with Crippen LogP contribution in [0.1, 0.15) is 31.7 Å². The lowest BCUT2D eigenvalue weighted by Crippen LogP contribution is -2.22. The first-order valence-electron chi connectivity index (χ1n) is 6.42. The summed E-state index contributed by atoms with van der Waals surface area (Å²) in [5, 5.41) is 2.66. The lowest BCUT2D eigenvalue weighted by atomic mass is 9.80. The Hall–Kier alpha value is -1.34. The normalized spacial score (nSPS) is 28.7. The molecule has 1 heteroatoms. The minimum Gasteiger partial charge on any atom is -0.328 e. The fourth-order valence-corrected chi connectivity index (χ4v) is 3.11. The topological polar surface area (TPSA) is 26.0 Å². The summed E-state index contributed by atoms with van der Waals surface area (Å²) < 4.78 is 0. The number of hydrogen-bond donors (Lipinski definition) is 1. The van der Waals surface area contributed by atoms with Gasteiger partial charge in [0.2, 0.25) is 0 Å². The van der Waals surface area contributed by atoms with E-state index in [9.17, 15) is 0 Å². The number of fused-ring (bicyclic) bond motifs is 1. The Morgan fingerprint density at radius 1 is 1.12 bits per heavy atom. The van der Waals surface area contributed by atoms with Crippen molar-refractivity contribution in [2.24, 2.45) is 5.73 Å². The molecule has 2 atom stereocenters. The van der Waals surface area contributed by atoms with Crippen LogP contribution in [0.2, 0.25) is 0 Å². The molecule has 0 saturated heterocycles. The molecule has 0 heterocycles. The van der Waals surface area contributed by atoms with Crippen molar-refractivity contribution in [3.8, 4) is 0 Å². The molecule has 2 aromatic carbocycles. The largest absolute Gasteiger partial charge is 0.328 e. The molecule has 0 radical (unpaired) electrons. The van der Waals surface area contributed by atoms with Gasteiger partial charge in [-0.05, 0) is 41.0 Å². The van der Waals surface area contributed by atoms with Gasteiger partial charge in [0.15, 0.2) is 0 Å². The highest BCUT2D eigenvalue weighted by atomic mass is 14.7. The van der Waals surface area contributed by atoms with Gasteiger partial charge in [-0.1, -0.05) is 49.4 Å². The molecule has 17 heavy (non-hydrogen) atoms. The summed E-state index contributed by atoms with van der Waals surface area (Å²) in [4.78, 5) is 0. The number of hydrogen-bond acceptors (Lipinski definition) is 1. The molecule has 1 nitrogen and oxygen atoms in total. The van der Waals surface area contributed by atoms with Crippen LogP contribution >= 0.6 is 0 Å². The van der Waals surface area contributed by atoms with Crippen LogP contribution in [-0.2, 0) is 5.41 Å². The molecule has 1 aliphatic rings. The van der Waals surface area contributed by atoms with E-state index in [1.54, 1.807) is 0 Å². The molecule has 88 valence electrons. The zero-order valence-corrected chi connectivity index (χ0v) is 10.3. The maximum Gasteiger partial charge on any atom is 0.00475 e. The average Bonchev–Trinajstić information content (AvgIpc) is 2.70. The molecular weight excluding hydrogens is 206 g/mol. The van der Waals surface area contributed by atoms with E-state index >= 15 is 0 Å². The highest BCUT2D eigenvalue weighted by Gasteiger charge is 2.34. The molecule has 1 saturated carbocycles. The lowest BCUT2D eigenvalue weighted by molar-refractivity contribution is 0.483. The van der Waals surface area contributed by atoms with E-state index in [1.165, 1.54) is 22.8 Å². The van der Waals surface area contributed by atoms with Gasteiger partial charge in [-0.25, -0.2) is 0 Å². The Labute approximate surface area is 103 Å². The maximum absolute atomic E-state index is 6.06. The van der Waals surface area contributed by atoms with Crippen LogP contribution in [0.25, 0.3) is 10.8 Å². The number of benzene rings is 2. The zero-order chi connectivity index (χ0) is 11.9. The van der Waals surface area contributed by atoms with Crippen LogP contribution in [0, 0.1) is 0 Å². The Morgan fingerprint density at radius 3 is 2.59 bits per heavy atom. The predicted molar refractivity (Wildman–Crippen MR) is 73.1 cm³/mol. The van der Waals surface area contributed by atoms with E-state index < -0.39 is 0 Å². The van der Waals surface area contributed by atoms with E-state index in [0.29, 0.717) is 6.04 Å². The second-order valence-electron chi connectivity index (χ2n) is 5.63. The fourth-order valence-electron chi connectivity index (χ4n) is 3.11. The van der Waals surface area contributed by atoms with Gasteiger partial charge in [0, 0.05) is 6.04 Å². The van der Waals surface area contributed by atoms with Gasteiger partial charge in [0.1, 0.15) is 0 Å². The molecular formula is C16H19N. The maximum atomic E-state index is 6.06. The van der Waals surface area contributed by atoms with Crippen molar-refractivity contribution in [1.82, 2.24) is 0 Å². The highest BCUT2D eigenvalue weighted by Crippen LogP contribution is 2.40. The first-order chi connectivity index (χ1) is 8.17. The van der Waals surface area contributed by atoms with Gasteiger partial charge in [-0.2, -0.15) is 0 Å². The van der Waals surface area contributed by atoms with E-state index in [1.807, 2.05) is 0 Å². The molecule has 0 amide bonds. The summed E-state index contributed by atoms with van der Waals surface area (Å²) in [5.41, 5.74) is 7.79. The lowest BCUT2D eigenvalue weighted by Gasteiger charge is -2.25. The molecule has 1 fully saturated rings. The molecule has 2 aromatic rings. The number of rotatable bonds is 1. The summed E-state index contributed by atoms with van der Waals surface area (Å²) >= 11 is 0. The SMILES string of the molecule is CC1(c2ccc3ccccc3c2)CCC(N)C1. The molecule has 2 N–H and O–H groups in total. The van der Waals surface area contributed by atoms with E-state index in [0.717, 1.165) is 12.8 Å². The van der Waals surface area contributed by atoms with Crippen LogP contribution in [-0.4, -0.2) is 6.04 Å². The van der Waals surface area contributed by atoms with Gasteiger partial charge in [-0.3, -0.25) is 0 Å². The Morgan fingerprint density at radius 2 is 1.88 bits per heavy atom. The molecule has 1 aliphatic carbocycles. The van der Waals surface area contributed by atoms with E-state index in [2.05, 4.69) is 49.4 Å². The molecule has 0 bridgehead atoms. The summed E-state index contributed by atoms with van der Waals surface area (Å²) in [6.07, 6.45) is 3.49. The number of nitrogens with two attached hydrogens (primary N) is 1. The third kappa shape index (κ3) is 1.85. The Balaban J connectivity index is 2.06. The summed E-state index contributed by atoms with van der Waals surface area (Å²) in [6.45, 7) is 2.35. The fraction of sp³-hybridized carbons (Fsp3) is 0.375. The van der Waals surface area contributed by atoms with Crippen molar-refractivity contribution in [2.45, 2.75) is 37.6 Å². The second-order valence-corrected chi connectivity index (χ2v) is 5.63. The second kappa shape index (κ2) is 3.85. The summed E-state index contributed by atoms with van der Waals surface area (Å²) in [5.74, 6) is 0. The first kappa shape index (κ1) is 10.8. The average molecular weight is 225 g/mol. The van der Waals surface area contributed by atoms with Crippen LogP contribution in [0.15, 0.2) is 42.5 Å². The molecule has 0 aromatic heterocycles. The van der Waals surface area contributed by atoms with E-state index in [-0.39, 0.29) is 5.41 Å². The zero-order valence-electron chi connectivity index (χ0n) is 10.3. The van der Waals surface area contributed by atoms with Crippen LogP contribution < -0.4 is 5.73 Å². The van der Waals surface area contributed by atoms with Gasteiger partial charge >= 0.3 is 0 Å². The van der Waals surface area contributed by atoms with Gasteiger partial charge in [-0.15, -0.1) is 0 Å². The van der Waals surface area contributed by atoms with Gasteiger partial charge < -0.3 is 5.73 Å². The van der Waals surface area contributed by atoms with Crippen LogP contribution in [0.3, 0.4) is 0 Å². The van der Waals surface area contributed by atoms with E-state index in [4.69, 9.17) is 5.73 Å². The molecule has 0 aliphatic heterocycles. The van der Waals surface area contributed by atoms with Crippen molar-refractivity contribution in [3.63, 3.8) is 0 Å². The molecule has 2 unspecified atom stereocenters. The van der Waals surface area contributed by atoms with Crippen LogP contribution in [0.4, 0.5) is 0 Å². The van der Waals surface area contributed by atoms with Crippen molar-refractivity contribution in [3.05, 3.63) is 48.0 Å². The van der Waals surface area contributed by atoms with Crippen molar-refractivity contribution in [2.75, 3.05) is 0 Å². The Bertz CT molecular complexity index is 546. The quantitative estimate of drug-likeness (QED) is 0.788. The first-order valence-corrected chi connectivity index (χ1v) is 6.42. The Kier molecular flexibility index (Phi) is 2.44.